The molecule has 0 aromatic heterocycles. The first-order valence-electron chi connectivity index (χ1n) is 5.05. The van der Waals surface area contributed by atoms with Gasteiger partial charge in [-0.3, -0.25) is 4.79 Å². The average molecular weight is 234 g/mol. The normalized spacial score (nSPS) is 12.6. The SMILES string of the molecule is CC/C=C(\CC)S(=O)(=O)CC(=O)OCC. The fourth-order valence-electron chi connectivity index (χ4n) is 1.17. The highest BCUT2D eigenvalue weighted by atomic mass is 32.2. The summed E-state index contributed by atoms with van der Waals surface area (Å²) in [4.78, 5) is 11.4. The number of carbonyl (C=O) groups excluding carboxylic acids is 1. The van der Waals surface area contributed by atoms with Gasteiger partial charge in [-0.2, -0.15) is 0 Å². The van der Waals surface area contributed by atoms with E-state index in [0.717, 1.165) is 0 Å². The maximum Gasteiger partial charge on any atom is 0.321 e. The minimum atomic E-state index is -3.47. The quantitative estimate of drug-likeness (QED) is 0.656. The maximum atomic E-state index is 11.7. The van der Waals surface area contributed by atoms with Crippen molar-refractivity contribution in [2.24, 2.45) is 0 Å². The summed E-state index contributed by atoms with van der Waals surface area (Å²) in [6.45, 7) is 5.46. The summed E-state index contributed by atoms with van der Waals surface area (Å²) in [5.74, 6) is -1.24. The fourth-order valence-corrected chi connectivity index (χ4v) is 2.61. The van der Waals surface area contributed by atoms with Crippen LogP contribution in [0.15, 0.2) is 11.0 Å². The van der Waals surface area contributed by atoms with Crippen LogP contribution in [-0.4, -0.2) is 26.7 Å². The third-order valence-electron chi connectivity index (χ3n) is 1.79. The zero-order chi connectivity index (χ0) is 11.9. The van der Waals surface area contributed by atoms with Crippen LogP contribution >= 0.6 is 0 Å². The van der Waals surface area contributed by atoms with E-state index in [4.69, 9.17) is 0 Å². The molecule has 0 heterocycles. The molecule has 0 aliphatic carbocycles. The molecule has 0 spiro atoms. The van der Waals surface area contributed by atoms with E-state index in [0.29, 0.717) is 17.7 Å². The molecular weight excluding hydrogens is 216 g/mol. The van der Waals surface area contributed by atoms with E-state index in [1.165, 1.54) is 0 Å². The van der Waals surface area contributed by atoms with Crippen molar-refractivity contribution < 1.29 is 17.9 Å². The highest BCUT2D eigenvalue weighted by molar-refractivity contribution is 7.95. The summed E-state index contributed by atoms with van der Waals surface area (Å²) in [5.41, 5.74) is 0. The van der Waals surface area contributed by atoms with Crippen LogP contribution < -0.4 is 0 Å². The molecule has 0 rings (SSSR count). The highest BCUT2D eigenvalue weighted by Crippen LogP contribution is 2.13. The smallest absolute Gasteiger partial charge is 0.321 e. The molecule has 0 aromatic carbocycles. The van der Waals surface area contributed by atoms with Crippen molar-refractivity contribution in [1.82, 2.24) is 0 Å². The van der Waals surface area contributed by atoms with E-state index in [-0.39, 0.29) is 6.61 Å². The number of carbonyl (C=O) groups is 1. The number of ether oxygens (including phenoxy) is 1. The first-order chi connectivity index (χ1) is 6.97. The molecule has 0 aliphatic heterocycles. The fraction of sp³-hybridized carbons (Fsp3) is 0.700. The summed E-state index contributed by atoms with van der Waals surface area (Å²) < 4.78 is 27.9. The van der Waals surface area contributed by atoms with Gasteiger partial charge >= 0.3 is 5.97 Å². The van der Waals surface area contributed by atoms with Gasteiger partial charge in [0.1, 0.15) is 0 Å². The third-order valence-corrected chi connectivity index (χ3v) is 3.66. The largest absolute Gasteiger partial charge is 0.465 e. The Kier molecular flexibility index (Phi) is 6.24. The first-order valence-corrected chi connectivity index (χ1v) is 6.70. The van der Waals surface area contributed by atoms with Gasteiger partial charge in [-0.15, -0.1) is 0 Å². The van der Waals surface area contributed by atoms with Gasteiger partial charge < -0.3 is 4.74 Å². The summed E-state index contributed by atoms with van der Waals surface area (Å²) in [6, 6.07) is 0. The molecule has 88 valence electrons. The van der Waals surface area contributed by atoms with Crippen molar-refractivity contribution in [1.29, 1.82) is 0 Å². The molecule has 0 aromatic rings. The molecule has 0 radical (unpaired) electrons. The molecule has 0 N–H and O–H groups in total. The van der Waals surface area contributed by atoms with Gasteiger partial charge in [0.15, 0.2) is 15.6 Å². The summed E-state index contributed by atoms with van der Waals surface area (Å²) in [6.07, 6.45) is 2.69. The Hall–Kier alpha value is -0.840. The number of allylic oxidation sites excluding steroid dienone is 2. The van der Waals surface area contributed by atoms with Crippen LogP contribution in [0.4, 0.5) is 0 Å². The maximum absolute atomic E-state index is 11.7. The summed E-state index contributed by atoms with van der Waals surface area (Å²) >= 11 is 0. The first kappa shape index (κ1) is 14.2. The van der Waals surface area contributed by atoms with E-state index in [9.17, 15) is 13.2 Å². The Morgan fingerprint density at radius 2 is 1.87 bits per heavy atom. The van der Waals surface area contributed by atoms with Crippen molar-refractivity contribution in [2.45, 2.75) is 33.6 Å². The van der Waals surface area contributed by atoms with Gasteiger partial charge in [0, 0.05) is 4.91 Å². The molecule has 0 saturated carbocycles. The number of hydrogen-bond donors (Lipinski definition) is 0. The topological polar surface area (TPSA) is 60.4 Å². The van der Waals surface area contributed by atoms with E-state index in [1.54, 1.807) is 19.9 Å². The summed E-state index contributed by atoms with van der Waals surface area (Å²) in [5, 5.41) is 0. The van der Waals surface area contributed by atoms with E-state index in [1.807, 2.05) is 6.92 Å². The number of rotatable bonds is 6. The lowest BCUT2D eigenvalue weighted by Gasteiger charge is -2.06. The van der Waals surface area contributed by atoms with Gasteiger partial charge in [-0.25, -0.2) is 8.42 Å². The minimum Gasteiger partial charge on any atom is -0.465 e. The lowest BCUT2D eigenvalue weighted by molar-refractivity contribution is -0.139. The van der Waals surface area contributed by atoms with E-state index < -0.39 is 21.6 Å². The van der Waals surface area contributed by atoms with Crippen molar-refractivity contribution in [3.63, 3.8) is 0 Å². The van der Waals surface area contributed by atoms with E-state index in [2.05, 4.69) is 4.74 Å². The average Bonchev–Trinajstić information content (AvgIpc) is 2.13. The Bertz CT molecular complexity index is 327. The van der Waals surface area contributed by atoms with Gasteiger partial charge in [0.05, 0.1) is 6.61 Å². The second kappa shape index (κ2) is 6.61. The molecule has 0 amide bonds. The monoisotopic (exact) mass is 234 g/mol. The van der Waals surface area contributed by atoms with Gasteiger partial charge in [0.25, 0.3) is 0 Å². The molecule has 0 aliphatic rings. The molecule has 15 heavy (non-hydrogen) atoms. The Balaban J connectivity index is 4.67. The summed E-state index contributed by atoms with van der Waals surface area (Å²) in [7, 11) is -3.47. The van der Waals surface area contributed by atoms with Crippen molar-refractivity contribution in [3.05, 3.63) is 11.0 Å². The zero-order valence-electron chi connectivity index (χ0n) is 9.45. The van der Waals surface area contributed by atoms with Crippen molar-refractivity contribution in [2.75, 3.05) is 12.4 Å². The van der Waals surface area contributed by atoms with Crippen LogP contribution in [0.1, 0.15) is 33.6 Å². The lowest BCUT2D eigenvalue weighted by atomic mass is 10.3. The van der Waals surface area contributed by atoms with Gasteiger partial charge in [-0.05, 0) is 19.8 Å². The van der Waals surface area contributed by atoms with Crippen LogP contribution in [0, 0.1) is 0 Å². The molecular formula is C10H18O4S. The van der Waals surface area contributed by atoms with Crippen molar-refractivity contribution >= 4 is 15.8 Å². The van der Waals surface area contributed by atoms with Crippen molar-refractivity contribution in [3.8, 4) is 0 Å². The molecule has 4 nitrogen and oxygen atoms in total. The zero-order valence-corrected chi connectivity index (χ0v) is 10.3. The molecule has 0 unspecified atom stereocenters. The van der Waals surface area contributed by atoms with Crippen LogP contribution in [0.25, 0.3) is 0 Å². The molecule has 0 fully saturated rings. The minimum absolute atomic E-state index is 0.202. The van der Waals surface area contributed by atoms with Crippen LogP contribution in [0.5, 0.6) is 0 Å². The molecule has 0 saturated heterocycles. The van der Waals surface area contributed by atoms with Crippen LogP contribution in [-0.2, 0) is 19.4 Å². The Morgan fingerprint density at radius 3 is 2.27 bits per heavy atom. The third kappa shape index (κ3) is 4.97. The van der Waals surface area contributed by atoms with E-state index >= 15 is 0 Å². The molecule has 0 bridgehead atoms. The molecule has 5 heteroatoms. The van der Waals surface area contributed by atoms with Gasteiger partial charge in [-0.1, -0.05) is 19.9 Å². The second-order valence-electron chi connectivity index (χ2n) is 3.00. The predicted octanol–water partition coefficient (Wildman–Crippen LogP) is 1.67. The highest BCUT2D eigenvalue weighted by Gasteiger charge is 2.20. The Morgan fingerprint density at radius 1 is 1.27 bits per heavy atom. The predicted molar refractivity (Wildman–Crippen MR) is 59.1 cm³/mol. The van der Waals surface area contributed by atoms with Gasteiger partial charge in [0.2, 0.25) is 0 Å². The standard InChI is InChI=1S/C10H18O4S/c1-4-7-9(5-2)15(12,13)8-10(11)14-6-3/h7H,4-6,8H2,1-3H3/b9-7+. The number of esters is 1. The number of hydrogen-bond acceptors (Lipinski definition) is 4. The lowest BCUT2D eigenvalue weighted by Crippen LogP contribution is -2.19. The Labute approximate surface area is 91.2 Å². The van der Waals surface area contributed by atoms with Crippen LogP contribution in [0.3, 0.4) is 0 Å². The van der Waals surface area contributed by atoms with Crippen LogP contribution in [0.2, 0.25) is 0 Å². The molecule has 0 atom stereocenters. The second-order valence-corrected chi connectivity index (χ2v) is 5.04. The number of sulfone groups is 1.